The molecule has 4 heteroatoms. The lowest BCUT2D eigenvalue weighted by Crippen LogP contribution is -2.01. The Morgan fingerprint density at radius 2 is 1.61 bits per heavy atom. The normalized spacial score (nSPS) is 10.2. The molecule has 1 N–H and O–H groups in total. The van der Waals surface area contributed by atoms with Gasteiger partial charge in [0.1, 0.15) is 24.0 Å². The number of nitrogens with one attached hydrogen (secondary N) is 1. The second-order valence-electron chi connectivity index (χ2n) is 3.76. The average Bonchev–Trinajstić information content (AvgIpc) is 2.39. The summed E-state index contributed by atoms with van der Waals surface area (Å²) in [6.07, 6.45) is 0. The van der Waals surface area contributed by atoms with Crippen molar-refractivity contribution in [2.75, 3.05) is 12.4 Å². The largest absolute Gasteiger partial charge is 0.489 e. The summed E-state index contributed by atoms with van der Waals surface area (Å²) in [5.74, 6) is -0.625. The van der Waals surface area contributed by atoms with Crippen LogP contribution in [-0.4, -0.2) is 7.05 Å². The molecule has 2 rings (SSSR count). The molecule has 18 heavy (non-hydrogen) atoms. The van der Waals surface area contributed by atoms with Crippen LogP contribution in [0.3, 0.4) is 0 Å². The smallest absolute Gasteiger partial charge is 0.132 e. The fourth-order valence-corrected chi connectivity index (χ4v) is 1.54. The number of anilines is 1. The van der Waals surface area contributed by atoms with Crippen molar-refractivity contribution in [2.45, 2.75) is 6.61 Å². The van der Waals surface area contributed by atoms with Crippen LogP contribution in [0.1, 0.15) is 5.56 Å². The highest BCUT2D eigenvalue weighted by atomic mass is 19.1. The predicted octanol–water partition coefficient (Wildman–Crippen LogP) is 3.59. The molecule has 2 nitrogen and oxygen atoms in total. The van der Waals surface area contributed by atoms with Crippen molar-refractivity contribution in [3.63, 3.8) is 0 Å². The molecule has 0 spiro atoms. The van der Waals surface area contributed by atoms with Crippen LogP contribution in [0.5, 0.6) is 5.75 Å². The topological polar surface area (TPSA) is 21.3 Å². The molecule has 0 heterocycles. The fourth-order valence-electron chi connectivity index (χ4n) is 1.54. The van der Waals surface area contributed by atoms with Gasteiger partial charge in [-0.15, -0.1) is 0 Å². The summed E-state index contributed by atoms with van der Waals surface area (Å²) in [7, 11) is 1.81. The molecule has 0 amide bonds. The first kappa shape index (κ1) is 12.4. The van der Waals surface area contributed by atoms with Crippen molar-refractivity contribution < 1.29 is 13.5 Å². The molecular formula is C14H13F2NO. The zero-order chi connectivity index (χ0) is 13.0. The van der Waals surface area contributed by atoms with Gasteiger partial charge in [0.15, 0.2) is 0 Å². The maximum absolute atomic E-state index is 13.3. The number of ether oxygens (including phenoxy) is 1. The molecule has 0 unspecified atom stereocenters. The van der Waals surface area contributed by atoms with E-state index in [1.165, 1.54) is 18.2 Å². The van der Waals surface area contributed by atoms with E-state index in [2.05, 4.69) is 5.32 Å². The molecule has 0 saturated heterocycles. The molecule has 2 aromatic rings. The van der Waals surface area contributed by atoms with Gasteiger partial charge in [0, 0.05) is 12.7 Å². The maximum atomic E-state index is 13.3. The van der Waals surface area contributed by atoms with Gasteiger partial charge in [-0.1, -0.05) is 6.07 Å². The number of benzene rings is 2. The maximum Gasteiger partial charge on any atom is 0.132 e. The van der Waals surface area contributed by atoms with Gasteiger partial charge in [-0.05, 0) is 36.4 Å². The Morgan fingerprint density at radius 3 is 2.17 bits per heavy atom. The summed E-state index contributed by atoms with van der Waals surface area (Å²) in [6.45, 7) is -0.128. The molecule has 0 fully saturated rings. The Labute approximate surface area is 104 Å². The Morgan fingerprint density at radius 1 is 1.00 bits per heavy atom. The van der Waals surface area contributed by atoms with Gasteiger partial charge in [-0.3, -0.25) is 0 Å². The molecular weight excluding hydrogens is 236 g/mol. The highest BCUT2D eigenvalue weighted by Crippen LogP contribution is 2.18. The van der Waals surface area contributed by atoms with E-state index in [4.69, 9.17) is 4.74 Å². The van der Waals surface area contributed by atoms with Crippen LogP contribution in [0.15, 0.2) is 42.5 Å². The quantitative estimate of drug-likeness (QED) is 0.894. The third kappa shape index (κ3) is 2.77. The van der Waals surface area contributed by atoms with Crippen LogP contribution in [0.4, 0.5) is 14.5 Å². The molecule has 0 aliphatic heterocycles. The lowest BCUT2D eigenvalue weighted by Gasteiger charge is -2.08. The van der Waals surface area contributed by atoms with E-state index >= 15 is 0 Å². The monoisotopic (exact) mass is 249 g/mol. The minimum Gasteiger partial charge on any atom is -0.489 e. The molecule has 94 valence electrons. The summed E-state index contributed by atoms with van der Waals surface area (Å²) in [5.41, 5.74) is 0.884. The van der Waals surface area contributed by atoms with Gasteiger partial charge < -0.3 is 10.1 Å². The first-order valence-corrected chi connectivity index (χ1v) is 5.54. The molecule has 0 aliphatic rings. The summed E-state index contributed by atoms with van der Waals surface area (Å²) >= 11 is 0. The van der Waals surface area contributed by atoms with Gasteiger partial charge in [0.05, 0.1) is 5.56 Å². The zero-order valence-corrected chi connectivity index (χ0v) is 9.91. The number of halogens is 2. The third-order valence-corrected chi connectivity index (χ3v) is 2.59. The molecule has 0 aromatic heterocycles. The second-order valence-corrected chi connectivity index (χ2v) is 3.76. The number of hydrogen-bond donors (Lipinski definition) is 1. The van der Waals surface area contributed by atoms with Crippen molar-refractivity contribution in [1.29, 1.82) is 0 Å². The van der Waals surface area contributed by atoms with Crippen molar-refractivity contribution in [3.8, 4) is 5.75 Å². The highest BCUT2D eigenvalue weighted by Gasteiger charge is 2.08. The summed E-state index contributed by atoms with van der Waals surface area (Å²) in [6, 6.07) is 10.9. The molecule has 0 aliphatic carbocycles. The minimum absolute atomic E-state index is 0.0600. The predicted molar refractivity (Wildman–Crippen MR) is 66.7 cm³/mol. The lowest BCUT2D eigenvalue weighted by molar-refractivity contribution is 0.292. The van der Waals surface area contributed by atoms with Crippen LogP contribution in [0, 0.1) is 11.6 Å². The Bertz CT molecular complexity index is 506. The summed E-state index contributed by atoms with van der Waals surface area (Å²) in [5, 5.41) is 2.97. The van der Waals surface area contributed by atoms with Crippen LogP contribution in [0.25, 0.3) is 0 Å². The van der Waals surface area contributed by atoms with E-state index in [1.807, 2.05) is 19.2 Å². The number of rotatable bonds is 4. The Balaban J connectivity index is 2.06. The summed E-state index contributed by atoms with van der Waals surface area (Å²) < 4.78 is 32.0. The first-order chi connectivity index (χ1) is 8.70. The van der Waals surface area contributed by atoms with Crippen LogP contribution in [0.2, 0.25) is 0 Å². The molecule has 0 saturated carbocycles. The van der Waals surface area contributed by atoms with Crippen molar-refractivity contribution in [3.05, 3.63) is 59.7 Å². The third-order valence-electron chi connectivity index (χ3n) is 2.59. The standard InChI is InChI=1S/C14H13F2NO/c1-17-10-5-7-11(8-6-10)18-9-12-13(15)3-2-4-14(12)16/h2-8,17H,9H2,1H3. The van der Waals surface area contributed by atoms with Crippen molar-refractivity contribution in [1.82, 2.24) is 0 Å². The van der Waals surface area contributed by atoms with E-state index < -0.39 is 11.6 Å². The van der Waals surface area contributed by atoms with Gasteiger partial charge in [-0.2, -0.15) is 0 Å². The van der Waals surface area contributed by atoms with Gasteiger partial charge in [0.25, 0.3) is 0 Å². The van der Waals surface area contributed by atoms with Crippen LogP contribution < -0.4 is 10.1 Å². The zero-order valence-electron chi connectivity index (χ0n) is 9.91. The van der Waals surface area contributed by atoms with E-state index in [-0.39, 0.29) is 12.2 Å². The SMILES string of the molecule is CNc1ccc(OCc2c(F)cccc2F)cc1. The van der Waals surface area contributed by atoms with E-state index in [1.54, 1.807) is 12.1 Å². The number of hydrogen-bond acceptors (Lipinski definition) is 2. The molecule has 0 bridgehead atoms. The van der Waals surface area contributed by atoms with Crippen LogP contribution >= 0.6 is 0 Å². The van der Waals surface area contributed by atoms with E-state index in [9.17, 15) is 8.78 Å². The second kappa shape index (κ2) is 5.49. The minimum atomic E-state index is -0.596. The highest BCUT2D eigenvalue weighted by molar-refractivity contribution is 5.45. The fraction of sp³-hybridized carbons (Fsp3) is 0.143. The van der Waals surface area contributed by atoms with E-state index in [0.717, 1.165) is 5.69 Å². The van der Waals surface area contributed by atoms with Crippen molar-refractivity contribution >= 4 is 5.69 Å². The molecule has 2 aromatic carbocycles. The lowest BCUT2D eigenvalue weighted by atomic mass is 10.2. The van der Waals surface area contributed by atoms with Gasteiger partial charge >= 0.3 is 0 Å². The first-order valence-electron chi connectivity index (χ1n) is 5.54. The van der Waals surface area contributed by atoms with E-state index in [0.29, 0.717) is 5.75 Å². The van der Waals surface area contributed by atoms with Crippen molar-refractivity contribution in [2.24, 2.45) is 0 Å². The van der Waals surface area contributed by atoms with Gasteiger partial charge in [-0.25, -0.2) is 8.78 Å². The average molecular weight is 249 g/mol. The Kier molecular flexibility index (Phi) is 3.77. The van der Waals surface area contributed by atoms with Crippen LogP contribution in [-0.2, 0) is 6.61 Å². The molecule has 0 atom stereocenters. The van der Waals surface area contributed by atoms with Gasteiger partial charge in [0.2, 0.25) is 0 Å². The summed E-state index contributed by atoms with van der Waals surface area (Å²) in [4.78, 5) is 0. The Hall–Kier alpha value is -2.10. The molecule has 0 radical (unpaired) electrons.